The minimum absolute atomic E-state index is 0.0283. The Morgan fingerprint density at radius 3 is 2.54 bits per heavy atom. The number of ether oxygens (including phenoxy) is 2. The molecule has 9 nitrogen and oxygen atoms in total. The Morgan fingerprint density at radius 2 is 1.78 bits per heavy atom. The van der Waals surface area contributed by atoms with Gasteiger partial charge >= 0.3 is 14.1 Å². The molecule has 0 spiro atoms. The zero-order valence-electron chi connectivity index (χ0n) is 20.2. The summed E-state index contributed by atoms with van der Waals surface area (Å²) >= 11 is 0. The van der Waals surface area contributed by atoms with Crippen molar-refractivity contribution in [2.24, 2.45) is 4.74 Å². The average Bonchev–Trinajstić information content (AvgIpc) is 2.90. The Bertz CT molecular complexity index is 1460. The van der Waals surface area contributed by atoms with E-state index in [9.17, 15) is 19.9 Å². The van der Waals surface area contributed by atoms with Gasteiger partial charge in [-0.3, -0.25) is 9.51 Å². The van der Waals surface area contributed by atoms with Crippen molar-refractivity contribution >= 4 is 24.9 Å². The van der Waals surface area contributed by atoms with Crippen LogP contribution in [0, 0.1) is 6.92 Å². The summed E-state index contributed by atoms with van der Waals surface area (Å²) in [6.07, 6.45) is 1.50. The van der Waals surface area contributed by atoms with Gasteiger partial charge in [0.1, 0.15) is 18.1 Å². The summed E-state index contributed by atoms with van der Waals surface area (Å²) < 4.78 is 20.6. The van der Waals surface area contributed by atoms with Crippen LogP contribution in [0.15, 0.2) is 77.7 Å². The molecule has 0 aliphatic carbocycles. The molecule has 37 heavy (non-hydrogen) atoms. The number of aromatic nitrogens is 1. The fraction of sp³-hybridized carbons (Fsp3) is 0.185. The van der Waals surface area contributed by atoms with Gasteiger partial charge in [-0.05, 0) is 48.9 Å². The van der Waals surface area contributed by atoms with Crippen molar-refractivity contribution in [1.82, 2.24) is 4.98 Å². The molecular formula is C27H25N2O7P. The predicted molar refractivity (Wildman–Crippen MR) is 136 cm³/mol. The van der Waals surface area contributed by atoms with Crippen LogP contribution in [0.25, 0.3) is 10.8 Å². The van der Waals surface area contributed by atoms with E-state index in [2.05, 4.69) is 9.73 Å². The lowest BCUT2D eigenvalue weighted by molar-refractivity contribution is -0.169. The number of rotatable bonds is 9. The van der Waals surface area contributed by atoms with Crippen LogP contribution in [0.3, 0.4) is 0 Å². The number of fused-ring (bicyclic) bond motifs is 1. The van der Waals surface area contributed by atoms with Crippen LogP contribution in [-0.2, 0) is 18.0 Å². The predicted octanol–water partition coefficient (Wildman–Crippen LogP) is 4.55. The monoisotopic (exact) mass is 520 g/mol. The fourth-order valence-corrected chi connectivity index (χ4v) is 4.26. The summed E-state index contributed by atoms with van der Waals surface area (Å²) in [4.78, 5) is 29.2. The molecule has 3 aromatic carbocycles. The highest BCUT2D eigenvalue weighted by molar-refractivity contribution is 7.34. The maximum absolute atomic E-state index is 12.6. The summed E-state index contributed by atoms with van der Waals surface area (Å²) in [6, 6.07) is 18.4. The van der Waals surface area contributed by atoms with Gasteiger partial charge in [0.15, 0.2) is 11.8 Å². The van der Waals surface area contributed by atoms with Gasteiger partial charge in [0.05, 0.1) is 12.3 Å². The lowest BCUT2D eigenvalue weighted by Gasteiger charge is -2.13. The van der Waals surface area contributed by atoms with Gasteiger partial charge in [-0.25, -0.2) is 4.79 Å². The van der Waals surface area contributed by atoms with Crippen LogP contribution in [0.4, 0.5) is 0 Å². The molecule has 0 fully saturated rings. The zero-order chi connectivity index (χ0) is 26.4. The summed E-state index contributed by atoms with van der Waals surface area (Å²) in [5, 5.41) is 21.7. The van der Waals surface area contributed by atoms with E-state index in [0.717, 1.165) is 10.8 Å². The van der Waals surface area contributed by atoms with Gasteiger partial charge in [-0.15, -0.1) is 0 Å². The second-order valence-corrected chi connectivity index (χ2v) is 9.03. The van der Waals surface area contributed by atoms with E-state index in [4.69, 9.17) is 14.0 Å². The van der Waals surface area contributed by atoms with Gasteiger partial charge in [-0.2, -0.15) is 0 Å². The van der Waals surface area contributed by atoms with E-state index >= 15 is 0 Å². The molecule has 0 saturated carbocycles. The first-order valence-corrected chi connectivity index (χ1v) is 12.5. The minimum atomic E-state index is -2.63. The first-order valence-electron chi connectivity index (χ1n) is 11.4. The van der Waals surface area contributed by atoms with E-state index < -0.39 is 20.2 Å². The summed E-state index contributed by atoms with van der Waals surface area (Å²) in [6.45, 7) is 2.68. The molecule has 4 rings (SSSR count). The first-order chi connectivity index (χ1) is 17.9. The normalized spacial score (nSPS) is 12.3. The Balaban J connectivity index is 1.41. The van der Waals surface area contributed by atoms with Crippen molar-refractivity contribution in [2.75, 3.05) is 0 Å². The van der Waals surface area contributed by atoms with Crippen molar-refractivity contribution in [3.8, 4) is 23.0 Å². The molecule has 10 heteroatoms. The number of pyridine rings is 1. The molecule has 0 aliphatic rings. The second-order valence-electron chi connectivity index (χ2n) is 8.14. The quantitative estimate of drug-likeness (QED) is 0.187. The van der Waals surface area contributed by atoms with Crippen molar-refractivity contribution in [2.45, 2.75) is 33.1 Å². The molecule has 0 bridgehead atoms. The van der Waals surface area contributed by atoms with Crippen molar-refractivity contribution in [3.05, 3.63) is 89.7 Å². The number of aromatic hydroxyl groups is 1. The summed E-state index contributed by atoms with van der Waals surface area (Å²) in [5.41, 5.74) is 1.19. The van der Waals surface area contributed by atoms with Gasteiger partial charge < -0.3 is 24.6 Å². The average molecular weight is 520 g/mol. The van der Waals surface area contributed by atoms with Crippen LogP contribution < -0.4 is 18.9 Å². The van der Waals surface area contributed by atoms with Crippen LogP contribution >= 0.6 is 8.17 Å². The molecular weight excluding hydrogens is 495 g/mol. The number of aryl methyl sites for hydroxylation is 1. The van der Waals surface area contributed by atoms with Crippen molar-refractivity contribution in [1.29, 1.82) is 0 Å². The number of hydrogen-bond donors (Lipinski definition) is 2. The molecule has 0 aliphatic heterocycles. The molecule has 1 heterocycles. The molecule has 4 aromatic rings. The number of hydrogen-bond acceptors (Lipinski definition) is 9. The van der Waals surface area contributed by atoms with E-state index in [-0.39, 0.29) is 30.5 Å². The van der Waals surface area contributed by atoms with E-state index in [1.807, 2.05) is 30.3 Å². The Labute approximate surface area is 214 Å². The molecule has 190 valence electrons. The third-order valence-corrected chi connectivity index (χ3v) is 6.43. The van der Waals surface area contributed by atoms with E-state index in [1.165, 1.54) is 13.1 Å². The highest BCUT2D eigenvalue weighted by Gasteiger charge is 2.21. The summed E-state index contributed by atoms with van der Waals surface area (Å²) in [5.74, 6) is 0.00257. The number of esters is 1. The van der Waals surface area contributed by atoms with Gasteiger partial charge in [0, 0.05) is 17.3 Å². The molecule has 2 unspecified atom stereocenters. The minimum Gasteiger partial charge on any atom is -0.575 e. The van der Waals surface area contributed by atoms with Gasteiger partial charge in [0.25, 0.3) is 0 Å². The first kappa shape index (κ1) is 26.0. The maximum Gasteiger partial charge on any atom is 0.395 e. The Hall–Kier alpha value is -4.04. The number of aliphatic hydroxyl groups is 1. The molecule has 2 N–H and O–H groups in total. The smallest absolute Gasteiger partial charge is 0.395 e. The number of aliphatic hydroxyl groups excluding tert-OH is 1. The van der Waals surface area contributed by atoms with Crippen molar-refractivity contribution in [3.63, 3.8) is 0 Å². The number of benzene rings is 3. The van der Waals surface area contributed by atoms with Crippen LogP contribution in [0.2, 0.25) is 0 Å². The fourth-order valence-electron chi connectivity index (χ4n) is 3.51. The van der Waals surface area contributed by atoms with Crippen LogP contribution in [0.1, 0.15) is 23.7 Å². The Morgan fingerprint density at radius 1 is 1.08 bits per heavy atom. The molecule has 2 atom stereocenters. The highest BCUT2D eigenvalue weighted by atomic mass is 31.1. The third-order valence-electron chi connectivity index (χ3n) is 5.55. The van der Waals surface area contributed by atoms with Crippen LogP contribution in [0.5, 0.6) is 23.0 Å². The van der Waals surface area contributed by atoms with Gasteiger partial charge in [-0.1, -0.05) is 47.2 Å². The third kappa shape index (κ3) is 6.40. The van der Waals surface area contributed by atoms with E-state index in [0.29, 0.717) is 22.6 Å². The second kappa shape index (κ2) is 11.8. The number of carbonyl (C=O) groups is 1. The number of para-hydroxylation sites is 2. The molecule has 1 aromatic heterocycles. The molecule has 0 saturated heterocycles. The molecule has 0 radical (unpaired) electrons. The maximum atomic E-state index is 12.6. The lowest BCUT2D eigenvalue weighted by atomic mass is 10.1. The Kier molecular flexibility index (Phi) is 8.30. The topological polar surface area (TPSA) is 134 Å². The number of nitrogens with zero attached hydrogens (tertiary/aromatic N) is 2. The zero-order valence-corrected chi connectivity index (χ0v) is 21.1. The SMILES string of the molecule is Cc1ncc(COc2ccccc2O[P+]([O-])=NC(C)C(=O)Oc2ccc3ccccc3c2)c(CO)c1O. The standard InChI is InChI=1S/C27H25N2O7P/c1-17-26(31)23(15-30)21(14-28-17)16-34-24-9-5-6-10-25(24)36-37(33)29-18(2)27(32)35-22-12-11-19-7-3-4-8-20(19)13-22/h3-14,18,30-31H,15-16H2,1-2H3. The van der Waals surface area contributed by atoms with Gasteiger partial charge in [0.2, 0.25) is 5.75 Å². The van der Waals surface area contributed by atoms with E-state index in [1.54, 1.807) is 43.3 Å². The van der Waals surface area contributed by atoms with Crippen LogP contribution in [-0.4, -0.2) is 27.2 Å². The highest BCUT2D eigenvalue weighted by Crippen LogP contribution is 2.34. The largest absolute Gasteiger partial charge is 0.575 e. The summed E-state index contributed by atoms with van der Waals surface area (Å²) in [7, 11) is -2.63. The number of carbonyl (C=O) groups excluding carboxylic acids is 1. The lowest BCUT2D eigenvalue weighted by Crippen LogP contribution is -2.21. The van der Waals surface area contributed by atoms with Crippen molar-refractivity contribution < 1.29 is 33.9 Å². The molecule has 0 amide bonds.